The van der Waals surface area contributed by atoms with E-state index in [0.29, 0.717) is 25.6 Å². The molecule has 0 aliphatic rings. The van der Waals surface area contributed by atoms with Crippen LogP contribution in [0.25, 0.3) is 0 Å². The van der Waals surface area contributed by atoms with Gasteiger partial charge in [0, 0.05) is 26.7 Å². The van der Waals surface area contributed by atoms with Crippen molar-refractivity contribution >= 4 is 27.5 Å². The molecule has 23 heavy (non-hydrogen) atoms. The van der Waals surface area contributed by atoms with Gasteiger partial charge in [0.2, 0.25) is 10.0 Å². The van der Waals surface area contributed by atoms with Crippen LogP contribution < -0.4 is 0 Å². The van der Waals surface area contributed by atoms with Crippen LogP contribution >= 0.6 is 11.6 Å². The molecule has 0 heterocycles. The second-order valence-corrected chi connectivity index (χ2v) is 8.16. The van der Waals surface area contributed by atoms with Gasteiger partial charge in [0.15, 0.2) is 0 Å². The van der Waals surface area contributed by atoms with Crippen LogP contribution in [0.3, 0.4) is 0 Å². The van der Waals surface area contributed by atoms with Crippen molar-refractivity contribution in [1.82, 2.24) is 9.21 Å². The smallest absolute Gasteiger partial charge is 0.255 e. The van der Waals surface area contributed by atoms with Crippen LogP contribution in [0, 0.1) is 5.92 Å². The third kappa shape index (κ3) is 4.68. The van der Waals surface area contributed by atoms with Gasteiger partial charge >= 0.3 is 0 Å². The van der Waals surface area contributed by atoms with Crippen LogP contribution in [-0.4, -0.2) is 50.2 Å². The first-order chi connectivity index (χ1) is 10.6. The van der Waals surface area contributed by atoms with Gasteiger partial charge in [0.05, 0.1) is 15.5 Å². The average Bonchev–Trinajstić information content (AvgIpc) is 2.47. The average molecular weight is 361 g/mol. The Morgan fingerprint density at radius 3 is 2.26 bits per heavy atom. The fraction of sp³-hybridized carbons (Fsp3) is 0.562. The molecular weight excluding hydrogens is 336 g/mol. The van der Waals surface area contributed by atoms with E-state index in [1.54, 1.807) is 25.8 Å². The molecule has 1 rings (SSSR count). The van der Waals surface area contributed by atoms with E-state index in [-0.39, 0.29) is 21.4 Å². The third-order valence-corrected chi connectivity index (χ3v) is 5.87. The SMILES string of the molecule is CCN(CC)S(=O)(=O)c1ccc(Cl)c(C(=O)N(C)CC(C)C)c1. The summed E-state index contributed by atoms with van der Waals surface area (Å²) >= 11 is 6.11. The topological polar surface area (TPSA) is 57.7 Å². The van der Waals surface area contributed by atoms with E-state index in [1.807, 2.05) is 13.8 Å². The van der Waals surface area contributed by atoms with E-state index in [9.17, 15) is 13.2 Å². The molecule has 130 valence electrons. The number of hydrogen-bond donors (Lipinski definition) is 0. The molecule has 0 atom stereocenters. The Hall–Kier alpha value is -1.11. The number of benzene rings is 1. The van der Waals surface area contributed by atoms with E-state index in [4.69, 9.17) is 11.6 Å². The first kappa shape index (κ1) is 19.9. The van der Waals surface area contributed by atoms with Crippen LogP contribution in [-0.2, 0) is 10.0 Å². The molecule has 0 saturated carbocycles. The van der Waals surface area contributed by atoms with Gasteiger partial charge in [-0.3, -0.25) is 4.79 Å². The van der Waals surface area contributed by atoms with Crippen molar-refractivity contribution in [3.8, 4) is 0 Å². The minimum absolute atomic E-state index is 0.0897. The highest BCUT2D eigenvalue weighted by Gasteiger charge is 2.24. The Morgan fingerprint density at radius 2 is 1.78 bits per heavy atom. The van der Waals surface area contributed by atoms with E-state index >= 15 is 0 Å². The minimum atomic E-state index is -3.62. The van der Waals surface area contributed by atoms with Crippen molar-refractivity contribution in [2.75, 3.05) is 26.7 Å². The Balaban J connectivity index is 3.26. The number of hydrogen-bond acceptors (Lipinski definition) is 3. The van der Waals surface area contributed by atoms with Gasteiger partial charge in [-0.2, -0.15) is 4.31 Å². The van der Waals surface area contributed by atoms with Gasteiger partial charge in [-0.25, -0.2) is 8.42 Å². The van der Waals surface area contributed by atoms with Crippen molar-refractivity contribution in [2.24, 2.45) is 5.92 Å². The first-order valence-corrected chi connectivity index (χ1v) is 9.52. The van der Waals surface area contributed by atoms with Gasteiger partial charge in [0.1, 0.15) is 0 Å². The number of amides is 1. The van der Waals surface area contributed by atoms with E-state index in [2.05, 4.69) is 0 Å². The largest absolute Gasteiger partial charge is 0.341 e. The summed E-state index contributed by atoms with van der Waals surface area (Å²) in [4.78, 5) is 14.2. The lowest BCUT2D eigenvalue weighted by Crippen LogP contribution is -2.32. The van der Waals surface area contributed by atoms with Crippen LogP contribution in [0.2, 0.25) is 5.02 Å². The van der Waals surface area contributed by atoms with Crippen LogP contribution in [0.1, 0.15) is 38.1 Å². The Kier molecular flexibility index (Phi) is 7.04. The van der Waals surface area contributed by atoms with Gasteiger partial charge in [-0.05, 0) is 24.1 Å². The lowest BCUT2D eigenvalue weighted by atomic mass is 10.1. The number of halogens is 1. The molecular formula is C16H25ClN2O3S. The number of carbonyl (C=O) groups is 1. The molecule has 0 spiro atoms. The van der Waals surface area contributed by atoms with E-state index in [0.717, 1.165) is 0 Å². The van der Waals surface area contributed by atoms with Crippen LogP contribution in [0.4, 0.5) is 0 Å². The lowest BCUT2D eigenvalue weighted by Gasteiger charge is -2.22. The number of sulfonamides is 1. The zero-order valence-electron chi connectivity index (χ0n) is 14.3. The maximum absolute atomic E-state index is 12.6. The Morgan fingerprint density at radius 1 is 1.22 bits per heavy atom. The quantitative estimate of drug-likeness (QED) is 0.750. The fourth-order valence-electron chi connectivity index (χ4n) is 2.38. The summed E-state index contributed by atoms with van der Waals surface area (Å²) in [5.74, 6) is 0.0330. The molecule has 0 N–H and O–H groups in total. The monoisotopic (exact) mass is 360 g/mol. The molecule has 7 heteroatoms. The zero-order valence-corrected chi connectivity index (χ0v) is 15.9. The van der Waals surface area contributed by atoms with Crippen molar-refractivity contribution in [1.29, 1.82) is 0 Å². The van der Waals surface area contributed by atoms with Gasteiger partial charge in [-0.15, -0.1) is 0 Å². The first-order valence-electron chi connectivity index (χ1n) is 7.70. The summed E-state index contributed by atoms with van der Waals surface area (Å²) in [5, 5.41) is 0.254. The summed E-state index contributed by atoms with van der Waals surface area (Å²) < 4.78 is 26.5. The Labute approximate surface area is 144 Å². The molecule has 0 radical (unpaired) electrons. The maximum atomic E-state index is 12.6. The molecule has 1 aromatic carbocycles. The van der Waals surface area contributed by atoms with E-state index in [1.165, 1.54) is 22.5 Å². The second kappa shape index (κ2) is 8.13. The summed E-state index contributed by atoms with van der Waals surface area (Å²) in [5.41, 5.74) is 0.211. The van der Waals surface area contributed by atoms with Gasteiger partial charge in [0.25, 0.3) is 5.91 Å². The predicted molar refractivity (Wildman–Crippen MR) is 93.4 cm³/mol. The molecule has 0 aliphatic carbocycles. The van der Waals surface area contributed by atoms with Crippen molar-refractivity contribution in [2.45, 2.75) is 32.6 Å². The normalized spacial score (nSPS) is 12.0. The zero-order chi connectivity index (χ0) is 17.8. The summed E-state index contributed by atoms with van der Waals surface area (Å²) in [7, 11) is -1.93. The number of carbonyl (C=O) groups excluding carboxylic acids is 1. The van der Waals surface area contributed by atoms with Crippen LogP contribution in [0.5, 0.6) is 0 Å². The van der Waals surface area contributed by atoms with Crippen molar-refractivity contribution in [3.63, 3.8) is 0 Å². The highest BCUT2D eigenvalue weighted by atomic mass is 35.5. The number of nitrogens with zero attached hydrogens (tertiary/aromatic N) is 2. The molecule has 0 fully saturated rings. The molecule has 1 amide bonds. The summed E-state index contributed by atoms with van der Waals surface area (Å²) in [6.45, 7) is 8.89. The molecule has 0 unspecified atom stereocenters. The predicted octanol–water partition coefficient (Wildman–Crippen LogP) is 3.10. The van der Waals surface area contributed by atoms with Crippen LogP contribution in [0.15, 0.2) is 23.1 Å². The number of rotatable bonds is 7. The van der Waals surface area contributed by atoms with Crippen molar-refractivity contribution < 1.29 is 13.2 Å². The Bertz CT molecular complexity index is 655. The molecule has 0 bridgehead atoms. The minimum Gasteiger partial charge on any atom is -0.341 e. The lowest BCUT2D eigenvalue weighted by molar-refractivity contribution is 0.0779. The van der Waals surface area contributed by atoms with Crippen molar-refractivity contribution in [3.05, 3.63) is 28.8 Å². The molecule has 0 aliphatic heterocycles. The standard InChI is InChI=1S/C16H25ClN2O3S/c1-6-19(7-2)23(21,22)13-8-9-15(17)14(10-13)16(20)18(5)11-12(3)4/h8-10,12H,6-7,11H2,1-5H3. The fourth-order valence-corrected chi connectivity index (χ4v) is 4.06. The summed E-state index contributed by atoms with van der Waals surface area (Å²) in [6.07, 6.45) is 0. The van der Waals surface area contributed by atoms with Gasteiger partial charge < -0.3 is 4.90 Å². The highest BCUT2D eigenvalue weighted by Crippen LogP contribution is 2.24. The highest BCUT2D eigenvalue weighted by molar-refractivity contribution is 7.89. The third-order valence-electron chi connectivity index (χ3n) is 3.50. The molecule has 5 nitrogen and oxygen atoms in total. The maximum Gasteiger partial charge on any atom is 0.255 e. The summed E-state index contributed by atoms with van der Waals surface area (Å²) in [6, 6.07) is 4.28. The van der Waals surface area contributed by atoms with E-state index < -0.39 is 10.0 Å². The second-order valence-electron chi connectivity index (χ2n) is 5.81. The van der Waals surface area contributed by atoms with Gasteiger partial charge in [-0.1, -0.05) is 39.3 Å². The molecule has 1 aromatic rings. The molecule has 0 aromatic heterocycles. The molecule has 0 saturated heterocycles.